The van der Waals surface area contributed by atoms with Crippen molar-refractivity contribution in [2.45, 2.75) is 13.0 Å². The second kappa shape index (κ2) is 7.89. The van der Waals surface area contributed by atoms with E-state index in [9.17, 15) is 14.9 Å². The standard InChI is InChI=1S/C21H16ClN3O4/c22-16-7-5-15(6-8-16)21-18-13-24(11-10-19(18)23-29-21)20(26)9-4-14-2-1-3-17(12-14)25(27)28/h1-9,12H,10-11,13H2/b9-4+. The molecular weight excluding hydrogens is 394 g/mol. The molecule has 2 heterocycles. The van der Waals surface area contributed by atoms with Crippen molar-refractivity contribution in [3.05, 3.63) is 86.6 Å². The normalized spacial score (nSPS) is 13.5. The Labute approximate surface area is 171 Å². The molecule has 0 atom stereocenters. The number of carbonyl (C=O) groups excluding carboxylic acids is 1. The molecule has 1 aliphatic rings. The predicted octanol–water partition coefficient (Wildman–Crippen LogP) is 4.50. The Hall–Kier alpha value is -3.45. The van der Waals surface area contributed by atoms with Crippen molar-refractivity contribution in [1.29, 1.82) is 0 Å². The summed E-state index contributed by atoms with van der Waals surface area (Å²) in [6.45, 7) is 0.909. The van der Waals surface area contributed by atoms with Crippen molar-refractivity contribution < 1.29 is 14.2 Å². The zero-order valence-electron chi connectivity index (χ0n) is 15.2. The summed E-state index contributed by atoms with van der Waals surface area (Å²) in [5.41, 5.74) is 3.17. The zero-order valence-corrected chi connectivity index (χ0v) is 16.0. The van der Waals surface area contributed by atoms with E-state index < -0.39 is 4.92 Å². The first-order valence-corrected chi connectivity index (χ1v) is 9.34. The molecule has 8 heteroatoms. The van der Waals surface area contributed by atoms with Crippen molar-refractivity contribution in [2.24, 2.45) is 0 Å². The van der Waals surface area contributed by atoms with Crippen LogP contribution >= 0.6 is 11.6 Å². The minimum Gasteiger partial charge on any atom is -0.356 e. The number of non-ortho nitro benzene ring substituents is 1. The number of hydrogen-bond donors (Lipinski definition) is 0. The number of benzene rings is 2. The van der Waals surface area contributed by atoms with Gasteiger partial charge in [-0.1, -0.05) is 28.9 Å². The summed E-state index contributed by atoms with van der Waals surface area (Å²) >= 11 is 5.95. The summed E-state index contributed by atoms with van der Waals surface area (Å²) in [7, 11) is 0. The average molecular weight is 410 g/mol. The van der Waals surface area contributed by atoms with Crippen LogP contribution in [0, 0.1) is 10.1 Å². The molecule has 146 valence electrons. The molecule has 0 fully saturated rings. The molecule has 0 unspecified atom stereocenters. The van der Waals surface area contributed by atoms with Gasteiger partial charge in [0.2, 0.25) is 5.91 Å². The second-order valence-electron chi connectivity index (χ2n) is 6.64. The van der Waals surface area contributed by atoms with E-state index in [0.717, 1.165) is 16.8 Å². The van der Waals surface area contributed by atoms with Crippen LogP contribution in [-0.4, -0.2) is 27.4 Å². The summed E-state index contributed by atoms with van der Waals surface area (Å²) < 4.78 is 5.52. The van der Waals surface area contributed by atoms with Gasteiger partial charge in [-0.3, -0.25) is 14.9 Å². The first-order valence-electron chi connectivity index (χ1n) is 8.96. The minimum atomic E-state index is -0.463. The summed E-state index contributed by atoms with van der Waals surface area (Å²) in [4.78, 5) is 24.8. The van der Waals surface area contributed by atoms with Gasteiger partial charge < -0.3 is 9.42 Å². The van der Waals surface area contributed by atoms with Gasteiger partial charge in [-0.15, -0.1) is 0 Å². The van der Waals surface area contributed by atoms with Crippen molar-refractivity contribution in [3.8, 4) is 11.3 Å². The highest BCUT2D eigenvalue weighted by Gasteiger charge is 2.26. The molecule has 2 aromatic carbocycles. The summed E-state index contributed by atoms with van der Waals surface area (Å²) in [5, 5.41) is 15.7. The van der Waals surface area contributed by atoms with Crippen LogP contribution in [0.1, 0.15) is 16.8 Å². The van der Waals surface area contributed by atoms with Crippen LogP contribution in [0.5, 0.6) is 0 Å². The van der Waals surface area contributed by atoms with E-state index >= 15 is 0 Å². The fraction of sp³-hybridized carbons (Fsp3) is 0.143. The maximum absolute atomic E-state index is 12.7. The van der Waals surface area contributed by atoms with E-state index in [1.54, 1.807) is 35.2 Å². The molecule has 0 saturated heterocycles. The summed E-state index contributed by atoms with van der Waals surface area (Å²) in [6, 6.07) is 13.4. The number of nitro benzene ring substituents is 1. The van der Waals surface area contributed by atoms with Gasteiger partial charge >= 0.3 is 0 Å². The fourth-order valence-corrected chi connectivity index (χ4v) is 3.37. The van der Waals surface area contributed by atoms with Crippen LogP contribution in [-0.2, 0) is 17.8 Å². The molecule has 1 amide bonds. The zero-order chi connectivity index (χ0) is 20.4. The molecule has 29 heavy (non-hydrogen) atoms. The number of halogens is 1. The highest BCUT2D eigenvalue weighted by atomic mass is 35.5. The largest absolute Gasteiger partial charge is 0.356 e. The number of rotatable bonds is 4. The van der Waals surface area contributed by atoms with Gasteiger partial charge in [0.05, 0.1) is 17.2 Å². The minimum absolute atomic E-state index is 0.0145. The van der Waals surface area contributed by atoms with E-state index in [2.05, 4.69) is 5.16 Å². The van der Waals surface area contributed by atoms with Crippen LogP contribution in [0.25, 0.3) is 17.4 Å². The lowest BCUT2D eigenvalue weighted by molar-refractivity contribution is -0.384. The maximum Gasteiger partial charge on any atom is 0.270 e. The fourth-order valence-electron chi connectivity index (χ4n) is 3.24. The van der Waals surface area contributed by atoms with Gasteiger partial charge in [0, 0.05) is 47.3 Å². The third kappa shape index (κ3) is 4.05. The Kier molecular flexibility index (Phi) is 5.14. The molecule has 0 saturated carbocycles. The molecule has 0 aliphatic carbocycles. The SMILES string of the molecule is O=C(/C=C/c1cccc([N+](=O)[O-])c1)N1CCc2noc(-c3ccc(Cl)cc3)c2C1. The van der Waals surface area contributed by atoms with Crippen molar-refractivity contribution in [3.63, 3.8) is 0 Å². The van der Waals surface area contributed by atoms with E-state index in [1.807, 2.05) is 12.1 Å². The molecule has 3 aromatic rings. The van der Waals surface area contributed by atoms with Crippen LogP contribution in [0.2, 0.25) is 5.02 Å². The third-order valence-electron chi connectivity index (χ3n) is 4.75. The van der Waals surface area contributed by atoms with Gasteiger partial charge in [0.15, 0.2) is 5.76 Å². The molecule has 0 N–H and O–H groups in total. The van der Waals surface area contributed by atoms with Gasteiger partial charge in [0.1, 0.15) is 0 Å². The predicted molar refractivity (Wildman–Crippen MR) is 108 cm³/mol. The highest BCUT2D eigenvalue weighted by molar-refractivity contribution is 6.30. The molecule has 1 aliphatic heterocycles. The highest BCUT2D eigenvalue weighted by Crippen LogP contribution is 2.31. The lowest BCUT2D eigenvalue weighted by atomic mass is 10.0. The average Bonchev–Trinajstić information content (AvgIpc) is 3.16. The number of nitro groups is 1. The molecule has 7 nitrogen and oxygen atoms in total. The number of carbonyl (C=O) groups is 1. The Balaban J connectivity index is 1.51. The molecular formula is C21H16ClN3O4. The van der Waals surface area contributed by atoms with E-state index in [-0.39, 0.29) is 11.6 Å². The number of amides is 1. The molecule has 4 rings (SSSR count). The Morgan fingerprint density at radius 3 is 2.79 bits per heavy atom. The van der Waals surface area contributed by atoms with Crippen molar-refractivity contribution in [1.82, 2.24) is 10.1 Å². The lowest BCUT2D eigenvalue weighted by Crippen LogP contribution is -2.34. The summed E-state index contributed by atoms with van der Waals surface area (Å²) in [5.74, 6) is 0.460. The Morgan fingerprint density at radius 1 is 1.24 bits per heavy atom. The Bertz CT molecular complexity index is 1110. The molecule has 0 spiro atoms. The van der Waals surface area contributed by atoms with Crippen LogP contribution in [0.4, 0.5) is 5.69 Å². The van der Waals surface area contributed by atoms with Crippen LogP contribution < -0.4 is 0 Å². The van der Waals surface area contributed by atoms with Gasteiger partial charge in [-0.25, -0.2) is 0 Å². The van der Waals surface area contributed by atoms with E-state index in [0.29, 0.717) is 35.9 Å². The van der Waals surface area contributed by atoms with Gasteiger partial charge in [0.25, 0.3) is 5.69 Å². The number of aromatic nitrogens is 1. The first kappa shape index (κ1) is 18.9. The number of hydrogen-bond acceptors (Lipinski definition) is 5. The molecule has 1 aromatic heterocycles. The lowest BCUT2D eigenvalue weighted by Gasteiger charge is -2.25. The first-order chi connectivity index (χ1) is 14.0. The van der Waals surface area contributed by atoms with Gasteiger partial charge in [-0.05, 0) is 35.9 Å². The van der Waals surface area contributed by atoms with Crippen molar-refractivity contribution in [2.75, 3.05) is 6.54 Å². The topological polar surface area (TPSA) is 89.5 Å². The quantitative estimate of drug-likeness (QED) is 0.359. The van der Waals surface area contributed by atoms with Crippen molar-refractivity contribution >= 4 is 29.3 Å². The van der Waals surface area contributed by atoms with Crippen LogP contribution in [0.3, 0.4) is 0 Å². The van der Waals surface area contributed by atoms with E-state index in [1.165, 1.54) is 18.2 Å². The second-order valence-corrected chi connectivity index (χ2v) is 7.08. The monoisotopic (exact) mass is 409 g/mol. The summed E-state index contributed by atoms with van der Waals surface area (Å²) in [6.07, 6.45) is 3.61. The number of fused-ring (bicyclic) bond motifs is 1. The van der Waals surface area contributed by atoms with Crippen LogP contribution in [0.15, 0.2) is 59.1 Å². The maximum atomic E-state index is 12.7. The smallest absolute Gasteiger partial charge is 0.270 e. The van der Waals surface area contributed by atoms with E-state index in [4.69, 9.17) is 16.1 Å². The molecule has 0 radical (unpaired) electrons. The van der Waals surface area contributed by atoms with Gasteiger partial charge in [-0.2, -0.15) is 0 Å². The number of nitrogens with zero attached hydrogens (tertiary/aromatic N) is 3. The third-order valence-corrected chi connectivity index (χ3v) is 5.01. The Morgan fingerprint density at radius 2 is 2.03 bits per heavy atom. The molecule has 0 bridgehead atoms.